The van der Waals surface area contributed by atoms with Crippen LogP contribution >= 0.6 is 0 Å². The zero-order valence-electron chi connectivity index (χ0n) is 11.3. The van der Waals surface area contributed by atoms with Gasteiger partial charge < -0.3 is 10.6 Å². The van der Waals surface area contributed by atoms with Gasteiger partial charge in [-0.15, -0.1) is 0 Å². The number of hydrogen-bond acceptors (Lipinski definition) is 3. The topological polar surface area (TPSA) is 49.6 Å². The third-order valence-electron chi connectivity index (χ3n) is 3.76. The van der Waals surface area contributed by atoms with E-state index in [-0.39, 0.29) is 11.4 Å². The summed E-state index contributed by atoms with van der Waals surface area (Å²) in [6.45, 7) is 6.77. The lowest BCUT2D eigenvalue weighted by Crippen LogP contribution is -2.58. The highest BCUT2D eigenvalue weighted by Crippen LogP contribution is 2.20. The lowest BCUT2D eigenvalue weighted by molar-refractivity contribution is 0.0311. The Labute approximate surface area is 108 Å². The van der Waals surface area contributed by atoms with Crippen LogP contribution in [-0.2, 0) is 0 Å². The molecule has 1 aromatic rings. The molecule has 98 valence electrons. The number of nitrogens with two attached hydrogens (primary N) is 1. The van der Waals surface area contributed by atoms with Crippen LogP contribution in [-0.4, -0.2) is 47.9 Å². The molecule has 0 atom stereocenters. The Morgan fingerprint density at radius 3 is 2.39 bits per heavy atom. The highest BCUT2D eigenvalue weighted by Gasteiger charge is 2.33. The van der Waals surface area contributed by atoms with Gasteiger partial charge >= 0.3 is 0 Å². The number of hydrogen-bond donors (Lipinski definition) is 1. The van der Waals surface area contributed by atoms with Crippen molar-refractivity contribution in [1.82, 2.24) is 9.80 Å². The zero-order valence-corrected chi connectivity index (χ0v) is 11.3. The SMILES string of the molecule is CN1CCN(C(=O)c2ccc(N)cc2)CC1(C)C. The van der Waals surface area contributed by atoms with Crippen LogP contribution < -0.4 is 5.73 Å². The first kappa shape index (κ1) is 12.9. The molecule has 0 radical (unpaired) electrons. The number of benzene rings is 1. The molecule has 2 rings (SSSR count). The second-order valence-electron chi connectivity index (χ2n) is 5.58. The van der Waals surface area contributed by atoms with Crippen LogP contribution in [0.25, 0.3) is 0 Å². The van der Waals surface area contributed by atoms with E-state index in [9.17, 15) is 4.79 Å². The molecule has 18 heavy (non-hydrogen) atoms. The molecular formula is C14H21N3O. The summed E-state index contributed by atoms with van der Waals surface area (Å²) in [5.41, 5.74) is 7.06. The first-order chi connectivity index (χ1) is 8.40. The molecule has 1 aliphatic heterocycles. The lowest BCUT2D eigenvalue weighted by atomic mass is 9.99. The molecule has 0 aromatic heterocycles. The molecule has 0 bridgehead atoms. The minimum atomic E-state index is 0.0295. The van der Waals surface area contributed by atoms with Crippen molar-refractivity contribution in [3.63, 3.8) is 0 Å². The van der Waals surface area contributed by atoms with Gasteiger partial charge in [-0.25, -0.2) is 0 Å². The summed E-state index contributed by atoms with van der Waals surface area (Å²) in [7, 11) is 2.10. The molecule has 0 spiro atoms. The van der Waals surface area contributed by atoms with E-state index in [1.807, 2.05) is 4.90 Å². The largest absolute Gasteiger partial charge is 0.399 e. The molecule has 1 aromatic carbocycles. The molecule has 1 fully saturated rings. The van der Waals surface area contributed by atoms with E-state index in [0.29, 0.717) is 11.3 Å². The average molecular weight is 247 g/mol. The van der Waals surface area contributed by atoms with E-state index in [4.69, 9.17) is 5.73 Å². The Morgan fingerprint density at radius 1 is 1.22 bits per heavy atom. The molecule has 0 saturated carbocycles. The van der Waals surface area contributed by atoms with Crippen LogP contribution in [0.1, 0.15) is 24.2 Å². The maximum absolute atomic E-state index is 12.4. The normalized spacial score (nSPS) is 19.8. The quantitative estimate of drug-likeness (QED) is 0.764. The summed E-state index contributed by atoms with van der Waals surface area (Å²) in [4.78, 5) is 16.6. The minimum absolute atomic E-state index is 0.0295. The minimum Gasteiger partial charge on any atom is -0.399 e. The van der Waals surface area contributed by atoms with Gasteiger partial charge in [0, 0.05) is 36.4 Å². The van der Waals surface area contributed by atoms with E-state index < -0.39 is 0 Å². The third-order valence-corrected chi connectivity index (χ3v) is 3.76. The molecule has 1 amide bonds. The third kappa shape index (κ3) is 2.48. The molecular weight excluding hydrogens is 226 g/mol. The van der Waals surface area contributed by atoms with Crippen molar-refractivity contribution >= 4 is 11.6 Å². The van der Waals surface area contributed by atoms with Gasteiger partial charge in [-0.2, -0.15) is 0 Å². The number of carbonyl (C=O) groups is 1. The van der Waals surface area contributed by atoms with Crippen molar-refractivity contribution in [3.8, 4) is 0 Å². The number of piperazine rings is 1. The predicted molar refractivity (Wildman–Crippen MR) is 73.5 cm³/mol. The van der Waals surface area contributed by atoms with E-state index >= 15 is 0 Å². The van der Waals surface area contributed by atoms with Gasteiger partial charge in [-0.1, -0.05) is 0 Å². The van der Waals surface area contributed by atoms with Gasteiger partial charge in [-0.05, 0) is 45.2 Å². The van der Waals surface area contributed by atoms with Crippen molar-refractivity contribution < 1.29 is 4.79 Å². The number of carbonyl (C=O) groups excluding carboxylic acids is 1. The fraction of sp³-hybridized carbons (Fsp3) is 0.500. The maximum Gasteiger partial charge on any atom is 0.253 e. The fourth-order valence-corrected chi connectivity index (χ4v) is 2.22. The summed E-state index contributed by atoms with van der Waals surface area (Å²) in [5, 5.41) is 0. The van der Waals surface area contributed by atoms with Gasteiger partial charge in [0.2, 0.25) is 0 Å². The van der Waals surface area contributed by atoms with Crippen LogP contribution in [0, 0.1) is 0 Å². The molecule has 4 nitrogen and oxygen atoms in total. The molecule has 1 heterocycles. The summed E-state index contributed by atoms with van der Waals surface area (Å²) in [5.74, 6) is 0.0937. The van der Waals surface area contributed by atoms with E-state index in [2.05, 4.69) is 25.8 Å². The van der Waals surface area contributed by atoms with Crippen LogP contribution in [0.4, 0.5) is 5.69 Å². The molecule has 0 unspecified atom stereocenters. The maximum atomic E-state index is 12.4. The van der Waals surface area contributed by atoms with Crippen molar-refractivity contribution in [3.05, 3.63) is 29.8 Å². The predicted octanol–water partition coefficient (Wildman–Crippen LogP) is 1.43. The van der Waals surface area contributed by atoms with E-state index in [1.165, 1.54) is 0 Å². The Hall–Kier alpha value is -1.55. The number of anilines is 1. The number of likely N-dealkylation sites (N-methyl/N-ethyl adjacent to an activating group) is 1. The van der Waals surface area contributed by atoms with Crippen molar-refractivity contribution in [2.75, 3.05) is 32.4 Å². The highest BCUT2D eigenvalue weighted by atomic mass is 16.2. The van der Waals surface area contributed by atoms with Crippen LogP contribution in [0.2, 0.25) is 0 Å². The number of amides is 1. The van der Waals surface area contributed by atoms with Gasteiger partial charge in [0.25, 0.3) is 5.91 Å². The summed E-state index contributed by atoms with van der Waals surface area (Å²) >= 11 is 0. The monoisotopic (exact) mass is 247 g/mol. The first-order valence-electron chi connectivity index (χ1n) is 6.26. The van der Waals surface area contributed by atoms with Gasteiger partial charge in [-0.3, -0.25) is 9.69 Å². The molecule has 1 saturated heterocycles. The fourth-order valence-electron chi connectivity index (χ4n) is 2.22. The number of nitrogen functional groups attached to an aromatic ring is 1. The highest BCUT2D eigenvalue weighted by molar-refractivity contribution is 5.94. The van der Waals surface area contributed by atoms with Gasteiger partial charge in [0.1, 0.15) is 0 Å². The summed E-state index contributed by atoms with van der Waals surface area (Å²) in [6, 6.07) is 7.13. The van der Waals surface area contributed by atoms with Crippen LogP contribution in [0.3, 0.4) is 0 Å². The lowest BCUT2D eigenvalue weighted by Gasteiger charge is -2.45. The molecule has 0 aliphatic carbocycles. The first-order valence-corrected chi connectivity index (χ1v) is 6.26. The smallest absolute Gasteiger partial charge is 0.253 e. The van der Waals surface area contributed by atoms with Crippen molar-refractivity contribution in [2.45, 2.75) is 19.4 Å². The van der Waals surface area contributed by atoms with Gasteiger partial charge in [0.05, 0.1) is 0 Å². The second-order valence-corrected chi connectivity index (χ2v) is 5.58. The molecule has 1 aliphatic rings. The summed E-state index contributed by atoms with van der Waals surface area (Å²) < 4.78 is 0. The van der Waals surface area contributed by atoms with Crippen molar-refractivity contribution in [2.24, 2.45) is 0 Å². The number of nitrogens with zero attached hydrogens (tertiary/aromatic N) is 2. The Morgan fingerprint density at radius 2 is 1.83 bits per heavy atom. The van der Waals surface area contributed by atoms with E-state index in [1.54, 1.807) is 24.3 Å². The van der Waals surface area contributed by atoms with Crippen LogP contribution in [0.15, 0.2) is 24.3 Å². The van der Waals surface area contributed by atoms with Crippen molar-refractivity contribution in [1.29, 1.82) is 0 Å². The molecule has 2 N–H and O–H groups in total. The average Bonchev–Trinajstić information content (AvgIpc) is 2.33. The van der Waals surface area contributed by atoms with Crippen LogP contribution in [0.5, 0.6) is 0 Å². The summed E-state index contributed by atoms with van der Waals surface area (Å²) in [6.07, 6.45) is 0. The Kier molecular flexibility index (Phi) is 3.30. The van der Waals surface area contributed by atoms with Gasteiger partial charge in [0.15, 0.2) is 0 Å². The Bertz CT molecular complexity index is 439. The number of rotatable bonds is 1. The zero-order chi connectivity index (χ0) is 13.3. The standard InChI is InChI=1S/C14H21N3O/c1-14(2)10-17(9-8-16(14)3)13(18)11-4-6-12(15)7-5-11/h4-7H,8-10,15H2,1-3H3. The Balaban J connectivity index is 2.13. The molecule has 4 heteroatoms. The van der Waals surface area contributed by atoms with E-state index in [0.717, 1.165) is 19.6 Å². The second kappa shape index (κ2) is 4.61.